The zero-order chi connectivity index (χ0) is 8.97. The maximum atomic E-state index is 10.9. The average Bonchev–Trinajstić information content (AvgIpc) is 2.06. The molecule has 0 aromatic heterocycles. The third-order valence-electron chi connectivity index (χ3n) is 2.23. The first kappa shape index (κ1) is 12.7. The second-order valence-corrected chi connectivity index (χ2v) is 3.07. The molecule has 1 amide bonds. The molecule has 0 bridgehead atoms. The number of hydrogen-bond acceptors (Lipinski definition) is 3. The Hall–Kier alpha value is -0.320. The summed E-state index contributed by atoms with van der Waals surface area (Å²) in [6.45, 7) is 5.92. The molecule has 5 heteroatoms. The van der Waals surface area contributed by atoms with E-state index in [1.807, 2.05) is 4.90 Å². The van der Waals surface area contributed by atoms with Crippen molar-refractivity contribution >= 4 is 5.91 Å². The van der Waals surface area contributed by atoms with Gasteiger partial charge in [0.25, 0.3) is 0 Å². The quantitative estimate of drug-likeness (QED) is 0.508. The summed E-state index contributed by atoms with van der Waals surface area (Å²) >= 11 is 0. The predicted octanol–water partition coefficient (Wildman–Crippen LogP) is -3.74. The van der Waals surface area contributed by atoms with Gasteiger partial charge in [-0.25, -0.2) is 0 Å². The van der Waals surface area contributed by atoms with Crippen LogP contribution in [0, 0.1) is 0 Å². The molecular weight excluding hydrogens is 192 g/mol. The molecule has 1 N–H and O–H groups in total. The van der Waals surface area contributed by atoms with Gasteiger partial charge >= 0.3 is 1.43 Å². The lowest BCUT2D eigenvalue weighted by Crippen LogP contribution is -3.00. The van der Waals surface area contributed by atoms with E-state index in [-0.39, 0.29) is 26.3 Å². The van der Waals surface area contributed by atoms with Crippen LogP contribution in [0.25, 0.3) is 0 Å². The van der Waals surface area contributed by atoms with Crippen molar-refractivity contribution in [3.05, 3.63) is 0 Å². The Kier molecular flexibility index (Phi) is 6.03. The van der Waals surface area contributed by atoms with E-state index >= 15 is 0 Å². The molecule has 0 radical (unpaired) electrons. The van der Waals surface area contributed by atoms with Crippen molar-refractivity contribution in [2.45, 2.75) is 6.92 Å². The van der Waals surface area contributed by atoms with Crippen molar-refractivity contribution in [1.29, 1.82) is 0 Å². The summed E-state index contributed by atoms with van der Waals surface area (Å²) in [6, 6.07) is 0. The number of aliphatic hydroxyl groups excluding tert-OH is 1. The number of β-amino-alcohol motifs (C(OH)–C–C–N with tert-alkyl or cyclic N) is 1. The van der Waals surface area contributed by atoms with E-state index in [0.717, 1.165) is 32.7 Å². The van der Waals surface area contributed by atoms with Gasteiger partial charge in [-0.3, -0.25) is 9.69 Å². The molecule has 13 heavy (non-hydrogen) atoms. The minimum Gasteiger partial charge on any atom is -1.00 e. The van der Waals surface area contributed by atoms with Gasteiger partial charge in [0, 0.05) is 39.6 Å². The second kappa shape index (κ2) is 6.18. The van der Waals surface area contributed by atoms with E-state index in [0.29, 0.717) is 0 Å². The van der Waals surface area contributed by atoms with E-state index < -0.39 is 0 Å². The van der Waals surface area contributed by atoms with Crippen molar-refractivity contribution in [3.63, 3.8) is 0 Å². The standard InChI is InChI=1S/C8H16N2O2.ClH/c1-8(12)10-4-2-9(3-5-10)6-7-11;/h11H,2-7H2,1H3;1H. The Morgan fingerprint density at radius 3 is 2.31 bits per heavy atom. The lowest BCUT2D eigenvalue weighted by molar-refractivity contribution is -0.130. The van der Waals surface area contributed by atoms with Gasteiger partial charge in [0.1, 0.15) is 0 Å². The minimum atomic E-state index is 0. The summed E-state index contributed by atoms with van der Waals surface area (Å²) in [4.78, 5) is 14.9. The smallest absolute Gasteiger partial charge is 1.00 e. The number of piperazine rings is 1. The van der Waals surface area contributed by atoms with Crippen LogP contribution >= 0.6 is 0 Å². The van der Waals surface area contributed by atoms with Gasteiger partial charge in [-0.05, 0) is 0 Å². The van der Waals surface area contributed by atoms with E-state index in [2.05, 4.69) is 4.90 Å². The number of nitrogens with zero attached hydrogens (tertiary/aromatic N) is 2. The molecule has 78 valence electrons. The highest BCUT2D eigenvalue weighted by Crippen LogP contribution is 2.00. The monoisotopic (exact) mass is 208 g/mol. The van der Waals surface area contributed by atoms with E-state index in [4.69, 9.17) is 5.11 Å². The van der Waals surface area contributed by atoms with Gasteiger partial charge < -0.3 is 22.4 Å². The normalized spacial score (nSPS) is 18.2. The van der Waals surface area contributed by atoms with Gasteiger partial charge in [-0.1, -0.05) is 0 Å². The van der Waals surface area contributed by atoms with Crippen molar-refractivity contribution in [2.24, 2.45) is 0 Å². The van der Waals surface area contributed by atoms with Crippen LogP contribution < -0.4 is 12.4 Å². The van der Waals surface area contributed by atoms with Gasteiger partial charge in [-0.15, -0.1) is 0 Å². The fraction of sp³-hybridized carbons (Fsp3) is 0.875. The molecular formula is C8H17ClN2O2. The molecule has 1 rings (SSSR count). The molecule has 0 aromatic rings. The van der Waals surface area contributed by atoms with E-state index in [1.54, 1.807) is 6.92 Å². The maximum absolute atomic E-state index is 10.9. The summed E-state index contributed by atoms with van der Waals surface area (Å²) in [5.74, 6) is 0.152. The molecule has 4 nitrogen and oxygen atoms in total. The molecule has 0 aliphatic carbocycles. The van der Waals surface area contributed by atoms with Crippen LogP contribution in [0.15, 0.2) is 0 Å². The molecule has 0 saturated carbocycles. The molecule has 1 aliphatic heterocycles. The number of rotatable bonds is 2. The van der Waals surface area contributed by atoms with Crippen LogP contribution in [0.3, 0.4) is 0 Å². The maximum Gasteiger partial charge on any atom is 1.00 e. The lowest BCUT2D eigenvalue weighted by Gasteiger charge is -2.33. The van der Waals surface area contributed by atoms with Crippen molar-refractivity contribution < 1.29 is 23.7 Å². The highest BCUT2D eigenvalue weighted by Gasteiger charge is 2.17. The average molecular weight is 209 g/mol. The number of hydrogen-bond donors (Lipinski definition) is 1. The molecule has 1 heterocycles. The van der Waals surface area contributed by atoms with Gasteiger partial charge in [0.15, 0.2) is 0 Å². The SMILES string of the molecule is CC(=O)N1CCN(CCO)CC1.[Cl-].[H+]. The molecule has 0 spiro atoms. The fourth-order valence-corrected chi connectivity index (χ4v) is 1.43. The number of carbonyl (C=O) groups is 1. The summed E-state index contributed by atoms with van der Waals surface area (Å²) in [7, 11) is 0. The largest absolute Gasteiger partial charge is 1.00 e. The zero-order valence-electron chi connectivity index (χ0n) is 8.87. The summed E-state index contributed by atoms with van der Waals surface area (Å²) in [6.07, 6.45) is 0. The van der Waals surface area contributed by atoms with Crippen LogP contribution in [0.5, 0.6) is 0 Å². The topological polar surface area (TPSA) is 43.8 Å². The number of halogens is 1. The van der Waals surface area contributed by atoms with Crippen LogP contribution in [-0.4, -0.2) is 60.1 Å². The summed E-state index contributed by atoms with van der Waals surface area (Å²) in [5.41, 5.74) is 0. The van der Waals surface area contributed by atoms with Crippen LogP contribution in [0.4, 0.5) is 0 Å². The Morgan fingerprint density at radius 2 is 1.92 bits per heavy atom. The number of carbonyl (C=O) groups excluding carboxylic acids is 1. The van der Waals surface area contributed by atoms with E-state index in [9.17, 15) is 4.79 Å². The molecule has 0 unspecified atom stereocenters. The second-order valence-electron chi connectivity index (χ2n) is 3.07. The lowest BCUT2D eigenvalue weighted by atomic mass is 10.3. The zero-order valence-corrected chi connectivity index (χ0v) is 8.63. The van der Waals surface area contributed by atoms with Crippen LogP contribution in [-0.2, 0) is 4.79 Å². The van der Waals surface area contributed by atoms with Crippen molar-refractivity contribution in [1.82, 2.24) is 9.80 Å². The van der Waals surface area contributed by atoms with Crippen LogP contribution in [0.1, 0.15) is 8.35 Å². The Bertz CT molecular complexity index is 163. The Morgan fingerprint density at radius 1 is 1.38 bits per heavy atom. The van der Waals surface area contributed by atoms with Crippen molar-refractivity contribution in [3.8, 4) is 0 Å². The third kappa shape index (κ3) is 3.93. The molecule has 1 saturated heterocycles. The predicted molar refractivity (Wildman–Crippen MR) is 46.9 cm³/mol. The summed E-state index contributed by atoms with van der Waals surface area (Å²) in [5, 5.41) is 8.67. The highest BCUT2D eigenvalue weighted by atomic mass is 35.5. The van der Waals surface area contributed by atoms with Gasteiger partial charge in [-0.2, -0.15) is 0 Å². The van der Waals surface area contributed by atoms with Crippen molar-refractivity contribution in [2.75, 3.05) is 39.3 Å². The number of amides is 1. The Balaban J connectivity index is 0. The first-order valence-corrected chi connectivity index (χ1v) is 4.33. The third-order valence-corrected chi connectivity index (χ3v) is 2.23. The highest BCUT2D eigenvalue weighted by molar-refractivity contribution is 5.73. The molecule has 0 aromatic carbocycles. The Labute approximate surface area is 86.4 Å². The minimum absolute atomic E-state index is 0. The molecule has 1 fully saturated rings. The van der Waals surface area contributed by atoms with Gasteiger partial charge in [0.05, 0.1) is 6.61 Å². The molecule has 1 aliphatic rings. The van der Waals surface area contributed by atoms with Gasteiger partial charge in [0.2, 0.25) is 5.91 Å². The summed E-state index contributed by atoms with van der Waals surface area (Å²) < 4.78 is 0. The first-order chi connectivity index (χ1) is 5.74. The number of aliphatic hydroxyl groups is 1. The van der Waals surface area contributed by atoms with Crippen LogP contribution in [0.2, 0.25) is 0 Å². The fourth-order valence-electron chi connectivity index (χ4n) is 1.43. The van der Waals surface area contributed by atoms with E-state index in [1.165, 1.54) is 0 Å². The molecule has 0 atom stereocenters. The first-order valence-electron chi connectivity index (χ1n) is 4.33.